The van der Waals surface area contributed by atoms with Crippen molar-refractivity contribution in [1.29, 1.82) is 0 Å². The molecule has 33 heavy (non-hydrogen) atoms. The number of piperidine rings is 1. The average molecular weight is 549 g/mol. The Bertz CT molecular complexity index is 1180. The Morgan fingerprint density at radius 3 is 2.48 bits per heavy atom. The van der Waals surface area contributed by atoms with Gasteiger partial charge in [0.2, 0.25) is 10.0 Å². The van der Waals surface area contributed by atoms with E-state index in [2.05, 4.69) is 20.7 Å². The van der Waals surface area contributed by atoms with Crippen LogP contribution >= 0.6 is 15.9 Å². The molecule has 1 fully saturated rings. The maximum atomic E-state index is 13.1. The van der Waals surface area contributed by atoms with Gasteiger partial charge < -0.3 is 9.47 Å². The number of anilines is 1. The smallest absolute Gasteiger partial charge is 0.444 e. The molecule has 7 nitrogen and oxygen atoms in total. The highest BCUT2D eigenvalue weighted by molar-refractivity contribution is 9.10. The quantitative estimate of drug-likeness (QED) is 0.539. The lowest BCUT2D eigenvalue weighted by Gasteiger charge is -2.40. The van der Waals surface area contributed by atoms with E-state index in [1.807, 2.05) is 25.1 Å². The third-order valence-corrected chi connectivity index (χ3v) is 8.01. The van der Waals surface area contributed by atoms with Crippen molar-refractivity contribution in [2.75, 3.05) is 18.0 Å². The molecule has 4 rings (SSSR count). The summed E-state index contributed by atoms with van der Waals surface area (Å²) in [6.07, 6.45) is -4.94. The predicted octanol–water partition coefficient (Wildman–Crippen LogP) is 4.97. The van der Waals surface area contributed by atoms with E-state index >= 15 is 0 Å². The minimum Gasteiger partial charge on any atom is -0.444 e. The molecule has 0 atom stereocenters. The zero-order valence-electron chi connectivity index (χ0n) is 17.4. The Balaban J connectivity index is 1.55. The molecular weight excluding hydrogens is 529 g/mol. The second-order valence-electron chi connectivity index (χ2n) is 7.83. The first-order valence-electron chi connectivity index (χ1n) is 10.1. The lowest BCUT2D eigenvalue weighted by atomic mass is 10.0. The number of rotatable bonds is 4. The number of hydrogen-bond donors (Lipinski definition) is 0. The number of alkyl halides is 3. The summed E-state index contributed by atoms with van der Waals surface area (Å²) < 4.78 is 75.4. The minimum atomic E-state index is -5.04. The van der Waals surface area contributed by atoms with E-state index in [0.717, 1.165) is 33.3 Å². The number of sulfonamides is 1. The third-order valence-electron chi connectivity index (χ3n) is 5.58. The van der Waals surface area contributed by atoms with Crippen LogP contribution in [0.3, 0.4) is 0 Å². The Morgan fingerprint density at radius 2 is 1.82 bits per heavy atom. The standard InChI is InChI=1S/C21H20BrF3N2O5S/c1-13-2-4-17-14(10-13)12-31-20(28)27(17)16-6-8-26(9-7-16)33(29,30)19-5-3-15(22)11-18(19)32-21(23,24)25/h2-5,10-11,16H,6-9,12H2,1H3. The fraction of sp³-hybridized carbons (Fsp3) is 0.381. The number of cyclic esters (lactones) is 1. The summed E-state index contributed by atoms with van der Waals surface area (Å²) in [5, 5.41) is 0. The van der Waals surface area contributed by atoms with Crippen molar-refractivity contribution in [2.24, 2.45) is 0 Å². The van der Waals surface area contributed by atoms with Crippen LogP contribution in [0.5, 0.6) is 5.75 Å². The highest BCUT2D eigenvalue weighted by atomic mass is 79.9. The van der Waals surface area contributed by atoms with Crippen LogP contribution in [0.1, 0.15) is 24.0 Å². The number of amides is 1. The minimum absolute atomic E-state index is 0.0273. The molecule has 0 aliphatic carbocycles. The zero-order valence-corrected chi connectivity index (χ0v) is 19.8. The molecule has 0 aromatic heterocycles. The summed E-state index contributed by atoms with van der Waals surface area (Å²) in [5.41, 5.74) is 2.62. The van der Waals surface area contributed by atoms with Gasteiger partial charge in [-0.2, -0.15) is 4.31 Å². The van der Waals surface area contributed by atoms with Crippen LogP contribution < -0.4 is 9.64 Å². The van der Waals surface area contributed by atoms with Gasteiger partial charge in [-0.1, -0.05) is 33.6 Å². The molecule has 0 N–H and O–H groups in total. The normalized spacial score (nSPS) is 18.1. The van der Waals surface area contributed by atoms with Crippen LogP contribution in [-0.2, 0) is 21.4 Å². The summed E-state index contributed by atoms with van der Waals surface area (Å²) in [5.74, 6) is -0.803. The molecule has 2 aromatic carbocycles. The van der Waals surface area contributed by atoms with E-state index in [1.54, 1.807) is 4.90 Å². The largest absolute Gasteiger partial charge is 0.573 e. The van der Waals surface area contributed by atoms with Gasteiger partial charge >= 0.3 is 12.5 Å². The molecule has 0 unspecified atom stereocenters. The Morgan fingerprint density at radius 1 is 1.12 bits per heavy atom. The zero-order chi connectivity index (χ0) is 24.0. The lowest BCUT2D eigenvalue weighted by Crippen LogP contribution is -2.50. The molecule has 178 valence electrons. The van der Waals surface area contributed by atoms with E-state index in [1.165, 1.54) is 6.07 Å². The molecule has 0 spiro atoms. The number of ether oxygens (including phenoxy) is 2. The summed E-state index contributed by atoms with van der Waals surface area (Å²) in [6.45, 7) is 2.16. The summed E-state index contributed by atoms with van der Waals surface area (Å²) in [4.78, 5) is 13.5. The van der Waals surface area contributed by atoms with Crippen molar-refractivity contribution >= 4 is 37.7 Å². The molecule has 2 heterocycles. The number of carbonyl (C=O) groups excluding carboxylic acids is 1. The van der Waals surface area contributed by atoms with Crippen molar-refractivity contribution in [3.05, 3.63) is 52.0 Å². The van der Waals surface area contributed by atoms with E-state index in [9.17, 15) is 26.4 Å². The fourth-order valence-electron chi connectivity index (χ4n) is 4.10. The SMILES string of the molecule is Cc1ccc2c(c1)COC(=O)N2C1CCN(S(=O)(=O)c2ccc(Br)cc2OC(F)(F)F)CC1. The van der Waals surface area contributed by atoms with E-state index in [0.29, 0.717) is 12.8 Å². The molecule has 2 aliphatic heterocycles. The number of carbonyl (C=O) groups is 1. The highest BCUT2D eigenvalue weighted by Gasteiger charge is 2.39. The average Bonchev–Trinajstić information content (AvgIpc) is 2.72. The maximum Gasteiger partial charge on any atom is 0.573 e. The first kappa shape index (κ1) is 23.8. The molecule has 1 amide bonds. The second kappa shape index (κ2) is 8.80. The van der Waals surface area contributed by atoms with E-state index < -0.39 is 33.1 Å². The summed E-state index contributed by atoms with van der Waals surface area (Å²) >= 11 is 3.04. The Labute approximate surface area is 197 Å². The number of benzene rings is 2. The molecule has 2 aromatic rings. The third kappa shape index (κ3) is 4.97. The van der Waals surface area contributed by atoms with Crippen LogP contribution in [0, 0.1) is 6.92 Å². The molecule has 0 saturated carbocycles. The topological polar surface area (TPSA) is 76.2 Å². The first-order chi connectivity index (χ1) is 15.5. The number of halogens is 4. The second-order valence-corrected chi connectivity index (χ2v) is 10.7. The number of fused-ring (bicyclic) bond motifs is 1. The highest BCUT2D eigenvalue weighted by Crippen LogP contribution is 2.37. The number of hydrogen-bond acceptors (Lipinski definition) is 5. The molecule has 0 radical (unpaired) electrons. The van der Waals surface area contributed by atoms with Gasteiger partial charge in [-0.25, -0.2) is 13.2 Å². The number of nitrogens with zero attached hydrogens (tertiary/aromatic N) is 2. The summed E-state index contributed by atoms with van der Waals surface area (Å²) in [6, 6.07) is 8.75. The summed E-state index contributed by atoms with van der Waals surface area (Å²) in [7, 11) is -4.26. The molecule has 0 bridgehead atoms. The molecular formula is C21H20BrF3N2O5S. The van der Waals surface area contributed by atoms with Crippen LogP contribution in [0.2, 0.25) is 0 Å². The maximum absolute atomic E-state index is 13.1. The predicted molar refractivity (Wildman–Crippen MR) is 116 cm³/mol. The molecule has 12 heteroatoms. The Hall–Kier alpha value is -2.31. The van der Waals surface area contributed by atoms with Crippen LogP contribution in [0.4, 0.5) is 23.7 Å². The van der Waals surface area contributed by atoms with Crippen molar-refractivity contribution in [1.82, 2.24) is 4.31 Å². The monoisotopic (exact) mass is 548 g/mol. The van der Waals surface area contributed by atoms with Crippen molar-refractivity contribution < 1.29 is 35.9 Å². The number of aryl methyl sites for hydroxylation is 1. The van der Waals surface area contributed by atoms with Gasteiger partial charge in [0, 0.05) is 29.2 Å². The molecule has 2 aliphatic rings. The Kier molecular flexibility index (Phi) is 6.36. The van der Waals surface area contributed by atoms with Gasteiger partial charge in [-0.3, -0.25) is 4.90 Å². The van der Waals surface area contributed by atoms with Crippen molar-refractivity contribution in [2.45, 2.75) is 43.7 Å². The van der Waals surface area contributed by atoms with E-state index in [-0.39, 0.29) is 30.2 Å². The van der Waals surface area contributed by atoms with Crippen LogP contribution in [-0.4, -0.2) is 44.3 Å². The van der Waals surface area contributed by atoms with Gasteiger partial charge in [-0.15, -0.1) is 13.2 Å². The van der Waals surface area contributed by atoms with Gasteiger partial charge in [-0.05, 0) is 44.0 Å². The van der Waals surface area contributed by atoms with Gasteiger partial charge in [0.05, 0.1) is 5.69 Å². The van der Waals surface area contributed by atoms with Gasteiger partial charge in [0.25, 0.3) is 0 Å². The van der Waals surface area contributed by atoms with Gasteiger partial charge in [0.1, 0.15) is 11.5 Å². The molecule has 1 saturated heterocycles. The lowest BCUT2D eigenvalue weighted by molar-refractivity contribution is -0.275. The van der Waals surface area contributed by atoms with Crippen molar-refractivity contribution in [3.63, 3.8) is 0 Å². The fourth-order valence-corrected chi connectivity index (χ4v) is 6.00. The van der Waals surface area contributed by atoms with Crippen LogP contribution in [0.15, 0.2) is 45.8 Å². The van der Waals surface area contributed by atoms with Gasteiger partial charge in [0.15, 0.2) is 5.75 Å². The van der Waals surface area contributed by atoms with Crippen molar-refractivity contribution in [3.8, 4) is 5.75 Å². The van der Waals surface area contributed by atoms with Crippen LogP contribution in [0.25, 0.3) is 0 Å². The first-order valence-corrected chi connectivity index (χ1v) is 12.3. The van der Waals surface area contributed by atoms with E-state index in [4.69, 9.17) is 4.74 Å².